The van der Waals surface area contributed by atoms with Crippen LogP contribution in [0.25, 0.3) is 10.9 Å². The van der Waals surface area contributed by atoms with E-state index >= 15 is 0 Å². The van der Waals surface area contributed by atoms with Crippen LogP contribution in [0.5, 0.6) is 11.5 Å². The number of nitrogens with zero attached hydrogens (tertiary/aromatic N) is 3. The third-order valence-electron chi connectivity index (χ3n) is 7.49. The Morgan fingerprint density at radius 1 is 1.00 bits per heavy atom. The van der Waals surface area contributed by atoms with Crippen molar-refractivity contribution in [3.63, 3.8) is 0 Å². The second kappa shape index (κ2) is 11.0. The van der Waals surface area contributed by atoms with Crippen LogP contribution in [-0.4, -0.2) is 44.0 Å². The number of rotatable bonds is 7. The smallest absolute Gasteiger partial charge is 0.332 e. The first-order valence-corrected chi connectivity index (χ1v) is 13.6. The van der Waals surface area contributed by atoms with Gasteiger partial charge in [-0.3, -0.25) is 28.6 Å². The van der Waals surface area contributed by atoms with E-state index in [-0.39, 0.29) is 42.7 Å². The molecule has 1 aliphatic carbocycles. The Kier molecular flexibility index (Phi) is 7.04. The molecule has 3 heterocycles. The number of aryl methyl sites for hydroxylation is 1. The Hall–Kier alpha value is -4.87. The van der Waals surface area contributed by atoms with E-state index in [4.69, 9.17) is 9.47 Å². The number of benzene rings is 2. The van der Waals surface area contributed by atoms with Crippen molar-refractivity contribution in [2.24, 2.45) is 0 Å². The third kappa shape index (κ3) is 5.45. The first-order valence-electron chi connectivity index (χ1n) is 13.6. The Morgan fingerprint density at radius 3 is 2.59 bits per heavy atom. The number of carbonyl (C=O) groups excluding carboxylic acids is 2. The molecule has 0 spiro atoms. The summed E-state index contributed by atoms with van der Waals surface area (Å²) in [6.45, 7) is 1.44. The molecule has 0 bridgehead atoms. The lowest BCUT2D eigenvalue weighted by atomic mass is 9.95. The summed E-state index contributed by atoms with van der Waals surface area (Å²) in [5.74, 6) is 0.717. The van der Waals surface area contributed by atoms with Crippen LogP contribution in [0.2, 0.25) is 0 Å². The molecule has 2 aliphatic rings. The number of aromatic nitrogens is 4. The summed E-state index contributed by atoms with van der Waals surface area (Å²) in [6, 6.07) is 11.6. The number of hydrogen-bond donors (Lipinski definition) is 3. The van der Waals surface area contributed by atoms with Gasteiger partial charge < -0.3 is 20.1 Å². The molecular formula is C29H30N6O6. The molecule has 0 atom stereocenters. The van der Waals surface area contributed by atoms with Crippen molar-refractivity contribution < 1.29 is 19.1 Å². The molecular weight excluding hydrogens is 528 g/mol. The zero-order valence-corrected chi connectivity index (χ0v) is 22.6. The quantitative estimate of drug-likeness (QED) is 0.316. The van der Waals surface area contributed by atoms with Crippen LogP contribution in [-0.2, 0) is 17.9 Å². The summed E-state index contributed by atoms with van der Waals surface area (Å²) < 4.78 is 13.1. The summed E-state index contributed by atoms with van der Waals surface area (Å²) in [4.78, 5) is 53.5. The first kappa shape index (κ1) is 26.4. The molecule has 212 valence electrons. The summed E-state index contributed by atoms with van der Waals surface area (Å²) in [6.07, 6.45) is 5.13. The molecule has 0 saturated heterocycles. The van der Waals surface area contributed by atoms with Crippen LogP contribution in [0, 0.1) is 6.92 Å². The van der Waals surface area contributed by atoms with Crippen LogP contribution < -0.4 is 31.4 Å². The van der Waals surface area contributed by atoms with Gasteiger partial charge >= 0.3 is 5.69 Å². The van der Waals surface area contributed by atoms with Crippen LogP contribution in [0.3, 0.4) is 0 Å². The van der Waals surface area contributed by atoms with E-state index in [1.807, 2.05) is 0 Å². The lowest BCUT2D eigenvalue weighted by Crippen LogP contribution is -2.42. The molecule has 12 nitrogen and oxygen atoms in total. The molecule has 2 aromatic carbocycles. The standard InChI is InChI=1S/C29H30N6O6/c1-17-11-25(33-32-17)31-26(36)15-34-22-13-19(27(37)30-20-5-3-2-4-6-20)8-9-21(22)28(38)35(29(34)39)14-18-7-10-23-24(12-18)41-16-40-23/h7-13,20H,2-6,14-16H2,1H3,(H,30,37)(H2,31,32,33,36). The monoisotopic (exact) mass is 558 g/mol. The van der Waals surface area contributed by atoms with Crippen molar-refractivity contribution in [3.05, 3.63) is 80.1 Å². The lowest BCUT2D eigenvalue weighted by molar-refractivity contribution is -0.116. The maximum atomic E-state index is 13.8. The Balaban J connectivity index is 1.39. The molecule has 0 radical (unpaired) electrons. The number of H-pyrrole nitrogens is 1. The number of amides is 2. The number of nitrogens with one attached hydrogen (secondary N) is 3. The van der Waals surface area contributed by atoms with Gasteiger partial charge in [0, 0.05) is 17.7 Å². The van der Waals surface area contributed by atoms with E-state index in [2.05, 4.69) is 20.8 Å². The summed E-state index contributed by atoms with van der Waals surface area (Å²) in [5, 5.41) is 12.7. The number of ether oxygens (including phenoxy) is 2. The van der Waals surface area contributed by atoms with E-state index in [1.54, 1.807) is 37.3 Å². The molecule has 41 heavy (non-hydrogen) atoms. The van der Waals surface area contributed by atoms with E-state index < -0.39 is 17.2 Å². The Morgan fingerprint density at radius 2 is 1.80 bits per heavy atom. The molecule has 12 heteroatoms. The largest absolute Gasteiger partial charge is 0.454 e. The van der Waals surface area contributed by atoms with Gasteiger partial charge in [0.1, 0.15) is 12.4 Å². The summed E-state index contributed by atoms with van der Waals surface area (Å²) in [7, 11) is 0. The van der Waals surface area contributed by atoms with Gasteiger partial charge in [-0.15, -0.1) is 0 Å². The van der Waals surface area contributed by atoms with E-state index in [0.29, 0.717) is 34.1 Å². The fourth-order valence-corrected chi connectivity index (χ4v) is 5.41. The van der Waals surface area contributed by atoms with Gasteiger partial charge in [0.15, 0.2) is 11.5 Å². The second-order valence-electron chi connectivity index (χ2n) is 10.5. The van der Waals surface area contributed by atoms with Crippen molar-refractivity contribution in [2.45, 2.75) is 58.2 Å². The van der Waals surface area contributed by atoms with Gasteiger partial charge in [0.25, 0.3) is 11.5 Å². The van der Waals surface area contributed by atoms with Crippen LogP contribution in [0.1, 0.15) is 53.7 Å². The average Bonchev–Trinajstić information content (AvgIpc) is 3.61. The normalized spacial score (nSPS) is 14.8. The highest BCUT2D eigenvalue weighted by molar-refractivity contribution is 5.98. The van der Waals surface area contributed by atoms with Crippen LogP contribution >= 0.6 is 0 Å². The zero-order chi connectivity index (χ0) is 28.5. The average molecular weight is 559 g/mol. The molecule has 0 unspecified atom stereocenters. The summed E-state index contributed by atoms with van der Waals surface area (Å²) in [5.41, 5.74) is 0.653. The highest BCUT2D eigenvalue weighted by Crippen LogP contribution is 2.32. The lowest BCUT2D eigenvalue weighted by Gasteiger charge is -2.23. The fourth-order valence-electron chi connectivity index (χ4n) is 5.41. The van der Waals surface area contributed by atoms with Gasteiger partial charge in [-0.05, 0) is 55.7 Å². The summed E-state index contributed by atoms with van der Waals surface area (Å²) >= 11 is 0. The maximum Gasteiger partial charge on any atom is 0.332 e. The third-order valence-corrected chi connectivity index (χ3v) is 7.49. The molecule has 1 fully saturated rings. The van der Waals surface area contributed by atoms with E-state index in [1.165, 1.54) is 16.7 Å². The van der Waals surface area contributed by atoms with Crippen LogP contribution in [0.15, 0.2) is 52.1 Å². The number of anilines is 1. The number of hydrogen-bond acceptors (Lipinski definition) is 7. The molecule has 3 N–H and O–H groups in total. The molecule has 4 aromatic rings. The highest BCUT2D eigenvalue weighted by Gasteiger charge is 2.21. The Bertz CT molecular complexity index is 1760. The number of fused-ring (bicyclic) bond motifs is 2. The van der Waals surface area contributed by atoms with E-state index in [9.17, 15) is 19.2 Å². The minimum atomic E-state index is -0.680. The van der Waals surface area contributed by atoms with Gasteiger partial charge in [-0.1, -0.05) is 25.3 Å². The fraction of sp³-hybridized carbons (Fsp3) is 0.345. The van der Waals surface area contributed by atoms with Gasteiger partial charge in [-0.25, -0.2) is 4.79 Å². The van der Waals surface area contributed by atoms with Crippen molar-refractivity contribution in [2.75, 3.05) is 12.1 Å². The van der Waals surface area contributed by atoms with Crippen molar-refractivity contribution >= 4 is 28.5 Å². The second-order valence-corrected chi connectivity index (χ2v) is 10.5. The number of aromatic amines is 1. The van der Waals surface area contributed by atoms with Crippen molar-refractivity contribution in [1.29, 1.82) is 0 Å². The SMILES string of the molecule is Cc1cc(NC(=O)Cn2c(=O)n(Cc3ccc4c(c3)OCO4)c(=O)c3ccc(C(=O)NC4CCCCC4)cc32)[nH]n1. The van der Waals surface area contributed by atoms with E-state index in [0.717, 1.165) is 36.7 Å². The molecule has 6 rings (SSSR count). The predicted molar refractivity (Wildman–Crippen MR) is 150 cm³/mol. The molecule has 2 aromatic heterocycles. The van der Waals surface area contributed by atoms with Crippen molar-refractivity contribution in [1.82, 2.24) is 24.6 Å². The molecule has 1 aliphatic heterocycles. The van der Waals surface area contributed by atoms with Gasteiger partial charge in [0.05, 0.1) is 23.1 Å². The minimum absolute atomic E-state index is 0.0461. The van der Waals surface area contributed by atoms with Gasteiger partial charge in [-0.2, -0.15) is 5.10 Å². The van der Waals surface area contributed by atoms with Gasteiger partial charge in [0.2, 0.25) is 12.7 Å². The molecule has 1 saturated carbocycles. The predicted octanol–water partition coefficient (Wildman–Crippen LogP) is 2.67. The van der Waals surface area contributed by atoms with Crippen molar-refractivity contribution in [3.8, 4) is 11.5 Å². The van der Waals surface area contributed by atoms with Crippen LogP contribution in [0.4, 0.5) is 5.82 Å². The zero-order valence-electron chi connectivity index (χ0n) is 22.6. The maximum absolute atomic E-state index is 13.8. The molecule has 2 amide bonds. The first-order chi connectivity index (χ1) is 19.9. The number of carbonyl (C=O) groups is 2. The highest BCUT2D eigenvalue weighted by atomic mass is 16.7. The Labute approximate surface area is 234 Å². The topological polar surface area (TPSA) is 149 Å². The minimum Gasteiger partial charge on any atom is -0.454 e.